The third-order valence-electron chi connectivity index (χ3n) is 2.59. The molecule has 13 heavy (non-hydrogen) atoms. The fourth-order valence-corrected chi connectivity index (χ4v) is 1.93. The van der Waals surface area contributed by atoms with E-state index in [2.05, 4.69) is 0 Å². The predicted octanol–water partition coefficient (Wildman–Crippen LogP) is 1.18. The molecule has 0 heterocycles. The van der Waals surface area contributed by atoms with Gasteiger partial charge in [-0.2, -0.15) is 0 Å². The van der Waals surface area contributed by atoms with Gasteiger partial charge in [0, 0.05) is 18.1 Å². The molecule has 0 aromatic carbocycles. The second-order valence-electron chi connectivity index (χ2n) is 4.22. The van der Waals surface area contributed by atoms with Crippen molar-refractivity contribution in [3.05, 3.63) is 0 Å². The van der Waals surface area contributed by atoms with Crippen molar-refractivity contribution >= 4 is 15.6 Å². The summed E-state index contributed by atoms with van der Waals surface area (Å²) < 4.78 is 21.5. The van der Waals surface area contributed by atoms with Crippen molar-refractivity contribution in [3.63, 3.8) is 0 Å². The topological polar surface area (TPSA) is 51.2 Å². The zero-order valence-corrected chi connectivity index (χ0v) is 8.99. The van der Waals surface area contributed by atoms with Crippen molar-refractivity contribution < 1.29 is 13.2 Å². The fraction of sp³-hybridized carbons (Fsp3) is 0.889. The van der Waals surface area contributed by atoms with E-state index in [9.17, 15) is 13.2 Å². The second kappa shape index (κ2) is 3.40. The van der Waals surface area contributed by atoms with E-state index in [1.54, 1.807) is 0 Å². The molecule has 0 aromatic rings. The molecule has 76 valence electrons. The lowest BCUT2D eigenvalue weighted by Gasteiger charge is -2.05. The summed E-state index contributed by atoms with van der Waals surface area (Å²) in [5, 5.41) is 0. The first-order valence-electron chi connectivity index (χ1n) is 4.55. The van der Waals surface area contributed by atoms with E-state index in [0.29, 0.717) is 12.8 Å². The lowest BCUT2D eigenvalue weighted by Crippen LogP contribution is -2.13. The highest BCUT2D eigenvalue weighted by atomic mass is 32.2. The number of hydrogen-bond acceptors (Lipinski definition) is 3. The fourth-order valence-electron chi connectivity index (χ4n) is 1.26. The van der Waals surface area contributed by atoms with Crippen LogP contribution in [0.1, 0.15) is 32.6 Å². The number of carbonyl (C=O) groups excluding carboxylic acids is 1. The number of carbonyl (C=O) groups is 1. The molecule has 1 rings (SSSR count). The lowest BCUT2D eigenvalue weighted by molar-refractivity contribution is -0.123. The molecule has 1 fully saturated rings. The first-order valence-corrected chi connectivity index (χ1v) is 6.61. The third-order valence-corrected chi connectivity index (χ3v) is 3.62. The lowest BCUT2D eigenvalue weighted by atomic mass is 10.0. The van der Waals surface area contributed by atoms with Crippen LogP contribution in [0.15, 0.2) is 0 Å². The first kappa shape index (κ1) is 10.7. The van der Waals surface area contributed by atoms with Gasteiger partial charge in [-0.1, -0.05) is 6.92 Å². The molecule has 1 aliphatic carbocycles. The SMILES string of the molecule is CC1(C(=O)CCCS(C)(=O)=O)CC1. The maximum absolute atomic E-state index is 11.4. The Morgan fingerprint density at radius 1 is 1.38 bits per heavy atom. The van der Waals surface area contributed by atoms with Crippen LogP contribution in [0.25, 0.3) is 0 Å². The highest BCUT2D eigenvalue weighted by Crippen LogP contribution is 2.46. The van der Waals surface area contributed by atoms with E-state index in [1.165, 1.54) is 6.26 Å². The van der Waals surface area contributed by atoms with Gasteiger partial charge < -0.3 is 0 Å². The van der Waals surface area contributed by atoms with E-state index in [-0.39, 0.29) is 17.0 Å². The van der Waals surface area contributed by atoms with Crippen molar-refractivity contribution in [2.45, 2.75) is 32.6 Å². The van der Waals surface area contributed by atoms with Crippen molar-refractivity contribution in [3.8, 4) is 0 Å². The van der Waals surface area contributed by atoms with Crippen molar-refractivity contribution in [2.24, 2.45) is 5.41 Å². The van der Waals surface area contributed by atoms with Crippen LogP contribution >= 0.6 is 0 Å². The monoisotopic (exact) mass is 204 g/mol. The Morgan fingerprint density at radius 2 is 1.92 bits per heavy atom. The van der Waals surface area contributed by atoms with Crippen molar-refractivity contribution in [1.29, 1.82) is 0 Å². The summed E-state index contributed by atoms with van der Waals surface area (Å²) in [5.41, 5.74) is -0.0997. The summed E-state index contributed by atoms with van der Waals surface area (Å²) in [4.78, 5) is 11.4. The van der Waals surface area contributed by atoms with Gasteiger partial charge in [0.05, 0.1) is 5.75 Å². The van der Waals surface area contributed by atoms with Gasteiger partial charge in [0.15, 0.2) is 0 Å². The van der Waals surface area contributed by atoms with Gasteiger partial charge in [-0.05, 0) is 19.3 Å². The van der Waals surface area contributed by atoms with Crippen molar-refractivity contribution in [1.82, 2.24) is 0 Å². The third kappa shape index (κ3) is 3.46. The predicted molar refractivity (Wildman–Crippen MR) is 51.3 cm³/mol. The molecule has 3 nitrogen and oxygen atoms in total. The number of sulfone groups is 1. The Hall–Kier alpha value is -0.380. The average molecular weight is 204 g/mol. The van der Waals surface area contributed by atoms with Gasteiger partial charge in [0.1, 0.15) is 15.6 Å². The van der Waals surface area contributed by atoms with E-state index in [0.717, 1.165) is 12.8 Å². The minimum Gasteiger partial charge on any atom is -0.299 e. The van der Waals surface area contributed by atoms with Crippen LogP contribution in [0.4, 0.5) is 0 Å². The zero-order chi connectivity index (χ0) is 10.1. The molecule has 0 saturated heterocycles. The zero-order valence-electron chi connectivity index (χ0n) is 8.17. The molecule has 1 saturated carbocycles. The molecule has 0 aromatic heterocycles. The summed E-state index contributed by atoms with van der Waals surface area (Å²) >= 11 is 0. The highest BCUT2D eigenvalue weighted by Gasteiger charge is 2.43. The van der Waals surface area contributed by atoms with E-state index in [1.807, 2.05) is 6.92 Å². The van der Waals surface area contributed by atoms with Gasteiger partial charge in [0.2, 0.25) is 0 Å². The van der Waals surface area contributed by atoms with Crippen LogP contribution in [0, 0.1) is 5.41 Å². The van der Waals surface area contributed by atoms with Crippen LogP contribution in [0.5, 0.6) is 0 Å². The number of Topliss-reactive ketones (excluding diaryl/α,β-unsaturated/α-hetero) is 1. The summed E-state index contributed by atoms with van der Waals surface area (Å²) in [7, 11) is -2.90. The van der Waals surface area contributed by atoms with Crippen LogP contribution in [0.2, 0.25) is 0 Å². The highest BCUT2D eigenvalue weighted by molar-refractivity contribution is 7.90. The number of hydrogen-bond donors (Lipinski definition) is 0. The first-order chi connectivity index (χ1) is 5.83. The molecule has 0 aliphatic heterocycles. The molecule has 0 radical (unpaired) electrons. The number of rotatable bonds is 5. The Balaban J connectivity index is 2.24. The summed E-state index contributed by atoms with van der Waals surface area (Å²) in [6.07, 6.45) is 4.06. The Bertz CT molecular complexity index is 299. The standard InChI is InChI=1S/C9H16O3S/c1-9(5-6-9)8(10)4-3-7-13(2,11)12/h3-7H2,1-2H3. The molecule has 0 unspecified atom stereocenters. The minimum atomic E-state index is -2.90. The van der Waals surface area contributed by atoms with Gasteiger partial charge in [0.25, 0.3) is 0 Å². The molecule has 0 N–H and O–H groups in total. The van der Waals surface area contributed by atoms with Crippen LogP contribution in [-0.4, -0.2) is 26.2 Å². The van der Waals surface area contributed by atoms with Crippen molar-refractivity contribution in [2.75, 3.05) is 12.0 Å². The van der Waals surface area contributed by atoms with E-state index in [4.69, 9.17) is 0 Å². The molecule has 0 atom stereocenters. The molecule has 0 bridgehead atoms. The minimum absolute atomic E-state index is 0.0997. The normalized spacial score (nSPS) is 19.8. The van der Waals surface area contributed by atoms with Crippen LogP contribution in [-0.2, 0) is 14.6 Å². The van der Waals surface area contributed by atoms with E-state index >= 15 is 0 Å². The quantitative estimate of drug-likeness (QED) is 0.675. The molecule has 4 heteroatoms. The molecular formula is C9H16O3S. The summed E-state index contributed by atoms with van der Waals surface area (Å²) in [6, 6.07) is 0. The molecular weight excluding hydrogens is 188 g/mol. The van der Waals surface area contributed by atoms with Crippen LogP contribution < -0.4 is 0 Å². The number of ketones is 1. The van der Waals surface area contributed by atoms with Gasteiger partial charge in [-0.15, -0.1) is 0 Å². The molecule has 1 aliphatic rings. The van der Waals surface area contributed by atoms with Gasteiger partial charge >= 0.3 is 0 Å². The van der Waals surface area contributed by atoms with Gasteiger partial charge in [-0.25, -0.2) is 8.42 Å². The van der Waals surface area contributed by atoms with E-state index < -0.39 is 9.84 Å². The maximum atomic E-state index is 11.4. The smallest absolute Gasteiger partial charge is 0.147 e. The second-order valence-corrected chi connectivity index (χ2v) is 6.48. The van der Waals surface area contributed by atoms with Crippen LogP contribution in [0.3, 0.4) is 0 Å². The van der Waals surface area contributed by atoms with Gasteiger partial charge in [-0.3, -0.25) is 4.79 Å². The Labute approximate surface area is 79.4 Å². The summed E-state index contributed by atoms with van der Waals surface area (Å²) in [6.45, 7) is 1.95. The molecule has 0 amide bonds. The Kier molecular flexibility index (Phi) is 2.80. The largest absolute Gasteiger partial charge is 0.299 e. The Morgan fingerprint density at radius 3 is 2.31 bits per heavy atom. The molecule has 0 spiro atoms. The maximum Gasteiger partial charge on any atom is 0.147 e. The average Bonchev–Trinajstić information content (AvgIpc) is 2.66. The summed E-state index contributed by atoms with van der Waals surface area (Å²) in [5.74, 6) is 0.366.